The molecule has 0 amide bonds. The number of ether oxygens (including phenoxy) is 1. The molecule has 2 heterocycles. The summed E-state index contributed by atoms with van der Waals surface area (Å²) in [7, 11) is 0. The second kappa shape index (κ2) is 6.04. The van der Waals surface area contributed by atoms with E-state index in [0.717, 1.165) is 32.2 Å². The van der Waals surface area contributed by atoms with Crippen LogP contribution in [0.5, 0.6) is 0 Å². The number of hydrogen-bond donors (Lipinski definition) is 0. The van der Waals surface area contributed by atoms with Crippen molar-refractivity contribution in [3.8, 4) is 0 Å². The third kappa shape index (κ3) is 3.31. The minimum Gasteiger partial charge on any atom is -0.379 e. The summed E-state index contributed by atoms with van der Waals surface area (Å²) in [5, 5.41) is 0. The molecule has 1 unspecified atom stereocenters. The number of rotatable bonds is 4. The Hall–Kier alpha value is 0.170. The molecule has 2 rings (SSSR count). The highest BCUT2D eigenvalue weighted by molar-refractivity contribution is 6.18. The Morgan fingerprint density at radius 3 is 2.67 bits per heavy atom. The van der Waals surface area contributed by atoms with Crippen molar-refractivity contribution < 1.29 is 4.74 Å². The fourth-order valence-corrected chi connectivity index (χ4v) is 2.81. The summed E-state index contributed by atoms with van der Waals surface area (Å²) >= 11 is 5.95. The number of nitrogens with zero attached hydrogens (tertiary/aromatic N) is 2. The molecule has 0 bridgehead atoms. The van der Waals surface area contributed by atoms with E-state index in [-0.39, 0.29) is 0 Å². The van der Waals surface area contributed by atoms with Crippen LogP contribution >= 0.6 is 11.6 Å². The summed E-state index contributed by atoms with van der Waals surface area (Å²) in [6, 6.07) is 0.632. The van der Waals surface area contributed by atoms with Crippen molar-refractivity contribution in [3.05, 3.63) is 0 Å². The first-order valence-electron chi connectivity index (χ1n) is 6.00. The maximum atomic E-state index is 5.95. The molecule has 2 aliphatic heterocycles. The van der Waals surface area contributed by atoms with E-state index >= 15 is 0 Å². The molecule has 2 aliphatic rings. The Kier molecular flexibility index (Phi) is 4.69. The van der Waals surface area contributed by atoms with Gasteiger partial charge in [-0.15, -0.1) is 11.6 Å². The van der Waals surface area contributed by atoms with Gasteiger partial charge in [0.15, 0.2) is 0 Å². The van der Waals surface area contributed by atoms with E-state index in [1.54, 1.807) is 0 Å². The summed E-state index contributed by atoms with van der Waals surface area (Å²) in [5.74, 6) is 0.795. The molecule has 3 nitrogen and oxygen atoms in total. The van der Waals surface area contributed by atoms with E-state index in [0.29, 0.717) is 6.04 Å². The third-order valence-electron chi connectivity index (χ3n) is 3.48. The molecule has 0 aliphatic carbocycles. The van der Waals surface area contributed by atoms with Crippen molar-refractivity contribution in [2.75, 3.05) is 51.8 Å². The lowest BCUT2D eigenvalue weighted by atomic mass is 10.2. The average Bonchev–Trinajstić information content (AvgIpc) is 2.75. The molecule has 0 aromatic carbocycles. The number of hydrogen-bond acceptors (Lipinski definition) is 3. The Balaban J connectivity index is 1.67. The number of alkyl halides is 1. The summed E-state index contributed by atoms with van der Waals surface area (Å²) < 4.78 is 5.34. The molecule has 0 radical (unpaired) electrons. The molecular weight excluding hydrogens is 212 g/mol. The van der Waals surface area contributed by atoms with Crippen LogP contribution in [0.3, 0.4) is 0 Å². The van der Waals surface area contributed by atoms with Crippen LogP contribution in [-0.2, 0) is 4.74 Å². The van der Waals surface area contributed by atoms with Gasteiger partial charge >= 0.3 is 0 Å². The quantitative estimate of drug-likeness (QED) is 0.674. The standard InChI is InChI=1S/C11H21ClN2O/c12-10-11-2-1-3-14(11)5-4-13-6-8-15-9-7-13/h11H,1-10H2. The number of halogens is 1. The topological polar surface area (TPSA) is 15.7 Å². The molecule has 0 N–H and O–H groups in total. The largest absolute Gasteiger partial charge is 0.379 e. The molecule has 0 spiro atoms. The number of likely N-dealkylation sites (tertiary alicyclic amines) is 1. The molecular formula is C11H21ClN2O. The fraction of sp³-hybridized carbons (Fsp3) is 1.00. The van der Waals surface area contributed by atoms with Gasteiger partial charge in [0.2, 0.25) is 0 Å². The maximum absolute atomic E-state index is 5.95. The zero-order valence-corrected chi connectivity index (χ0v) is 10.1. The lowest BCUT2D eigenvalue weighted by Gasteiger charge is -2.30. The molecule has 4 heteroatoms. The van der Waals surface area contributed by atoms with Crippen LogP contribution in [0.4, 0.5) is 0 Å². The minimum atomic E-state index is 0.632. The van der Waals surface area contributed by atoms with Gasteiger partial charge in [0.1, 0.15) is 0 Å². The van der Waals surface area contributed by atoms with Crippen molar-refractivity contribution >= 4 is 11.6 Å². The minimum absolute atomic E-state index is 0.632. The van der Waals surface area contributed by atoms with Crippen molar-refractivity contribution in [3.63, 3.8) is 0 Å². The van der Waals surface area contributed by atoms with Crippen LogP contribution in [-0.4, -0.2) is 67.7 Å². The molecule has 0 aromatic heterocycles. The summed E-state index contributed by atoms with van der Waals surface area (Å²) in [4.78, 5) is 5.04. The van der Waals surface area contributed by atoms with E-state index in [4.69, 9.17) is 16.3 Å². The third-order valence-corrected chi connectivity index (χ3v) is 3.84. The molecule has 88 valence electrons. The Morgan fingerprint density at radius 2 is 1.93 bits per heavy atom. The first-order chi connectivity index (χ1) is 7.40. The van der Waals surface area contributed by atoms with Gasteiger partial charge in [-0.25, -0.2) is 0 Å². The Bertz CT molecular complexity index is 185. The van der Waals surface area contributed by atoms with Gasteiger partial charge in [0.05, 0.1) is 13.2 Å². The van der Waals surface area contributed by atoms with Gasteiger partial charge < -0.3 is 4.74 Å². The molecule has 2 fully saturated rings. The average molecular weight is 233 g/mol. The van der Waals surface area contributed by atoms with Gasteiger partial charge in [-0.1, -0.05) is 0 Å². The zero-order valence-electron chi connectivity index (χ0n) is 9.33. The van der Waals surface area contributed by atoms with Gasteiger partial charge in [0, 0.05) is 38.1 Å². The summed E-state index contributed by atoms with van der Waals surface area (Å²) in [5.41, 5.74) is 0. The maximum Gasteiger partial charge on any atom is 0.0594 e. The molecule has 0 saturated carbocycles. The monoisotopic (exact) mass is 232 g/mol. The van der Waals surface area contributed by atoms with Crippen LogP contribution < -0.4 is 0 Å². The van der Waals surface area contributed by atoms with E-state index in [2.05, 4.69) is 9.80 Å². The van der Waals surface area contributed by atoms with Gasteiger partial charge in [0.25, 0.3) is 0 Å². The zero-order chi connectivity index (χ0) is 10.5. The van der Waals surface area contributed by atoms with Crippen LogP contribution in [0.25, 0.3) is 0 Å². The number of morpholine rings is 1. The summed E-state index contributed by atoms with van der Waals surface area (Å²) in [6.45, 7) is 7.59. The predicted octanol–water partition coefficient (Wildman–Crippen LogP) is 1.02. The van der Waals surface area contributed by atoms with Crippen molar-refractivity contribution in [2.45, 2.75) is 18.9 Å². The first kappa shape index (κ1) is 11.6. The van der Waals surface area contributed by atoms with E-state index in [9.17, 15) is 0 Å². The summed E-state index contributed by atoms with van der Waals surface area (Å²) in [6.07, 6.45) is 2.60. The second-order valence-electron chi connectivity index (χ2n) is 4.44. The van der Waals surface area contributed by atoms with Crippen LogP contribution in [0.2, 0.25) is 0 Å². The molecule has 0 aromatic rings. The first-order valence-corrected chi connectivity index (χ1v) is 6.53. The lowest BCUT2D eigenvalue weighted by molar-refractivity contribution is 0.0331. The van der Waals surface area contributed by atoms with Crippen LogP contribution in [0.15, 0.2) is 0 Å². The SMILES string of the molecule is ClCC1CCCN1CCN1CCOCC1. The van der Waals surface area contributed by atoms with Gasteiger partial charge in [-0.05, 0) is 19.4 Å². The highest BCUT2D eigenvalue weighted by Gasteiger charge is 2.23. The van der Waals surface area contributed by atoms with Crippen molar-refractivity contribution in [2.24, 2.45) is 0 Å². The second-order valence-corrected chi connectivity index (χ2v) is 4.75. The van der Waals surface area contributed by atoms with Gasteiger partial charge in [-0.3, -0.25) is 9.80 Å². The van der Waals surface area contributed by atoms with Crippen molar-refractivity contribution in [1.82, 2.24) is 9.80 Å². The van der Waals surface area contributed by atoms with E-state index < -0.39 is 0 Å². The Labute approximate surface area is 97.3 Å². The lowest BCUT2D eigenvalue weighted by Crippen LogP contribution is -2.42. The highest BCUT2D eigenvalue weighted by atomic mass is 35.5. The van der Waals surface area contributed by atoms with Crippen LogP contribution in [0, 0.1) is 0 Å². The van der Waals surface area contributed by atoms with Crippen LogP contribution in [0.1, 0.15) is 12.8 Å². The smallest absolute Gasteiger partial charge is 0.0594 e. The van der Waals surface area contributed by atoms with E-state index in [1.807, 2.05) is 0 Å². The Morgan fingerprint density at radius 1 is 1.13 bits per heavy atom. The molecule has 1 atom stereocenters. The predicted molar refractivity (Wildman–Crippen MR) is 62.6 cm³/mol. The highest BCUT2D eigenvalue weighted by Crippen LogP contribution is 2.17. The molecule has 2 saturated heterocycles. The van der Waals surface area contributed by atoms with E-state index in [1.165, 1.54) is 32.5 Å². The van der Waals surface area contributed by atoms with Gasteiger partial charge in [-0.2, -0.15) is 0 Å². The molecule has 15 heavy (non-hydrogen) atoms. The fourth-order valence-electron chi connectivity index (χ4n) is 2.46. The normalized spacial score (nSPS) is 29.8. The van der Waals surface area contributed by atoms with Crippen molar-refractivity contribution in [1.29, 1.82) is 0 Å².